The lowest BCUT2D eigenvalue weighted by Gasteiger charge is -2.39. The first-order valence-corrected chi connectivity index (χ1v) is 13.5. The van der Waals surface area contributed by atoms with E-state index < -0.39 is 6.09 Å². The van der Waals surface area contributed by atoms with E-state index in [9.17, 15) is 4.79 Å². The summed E-state index contributed by atoms with van der Waals surface area (Å²) in [6, 6.07) is 18.5. The maximum absolute atomic E-state index is 11.5. The Kier molecular flexibility index (Phi) is 8.12. The lowest BCUT2D eigenvalue weighted by Crippen LogP contribution is -2.39. The van der Waals surface area contributed by atoms with E-state index in [1.807, 2.05) is 30.3 Å². The molecular weight excluding hydrogens is 478 g/mol. The zero-order chi connectivity index (χ0) is 26.3. The third-order valence-corrected chi connectivity index (χ3v) is 7.82. The fraction of sp³-hybridized carbons (Fsp3) is 0.433. The molecule has 1 aliphatic heterocycles. The van der Waals surface area contributed by atoms with Gasteiger partial charge in [-0.3, -0.25) is 5.32 Å². The van der Waals surface area contributed by atoms with Crippen LogP contribution in [0.3, 0.4) is 0 Å². The lowest BCUT2D eigenvalue weighted by molar-refractivity contribution is 0.187. The number of nitrogens with zero attached hydrogens (tertiary/aromatic N) is 3. The highest BCUT2D eigenvalue weighted by molar-refractivity contribution is 5.85. The Morgan fingerprint density at radius 3 is 2.82 bits per heavy atom. The zero-order valence-corrected chi connectivity index (χ0v) is 21.9. The number of carbonyl (C=O) groups excluding carboxylic acids is 1. The molecule has 2 aliphatic rings. The molecule has 1 saturated heterocycles. The van der Waals surface area contributed by atoms with Gasteiger partial charge < -0.3 is 19.4 Å². The van der Waals surface area contributed by atoms with Crippen LogP contribution in [-0.2, 0) is 4.74 Å². The second-order valence-electron chi connectivity index (χ2n) is 10.4. The van der Waals surface area contributed by atoms with E-state index in [-0.39, 0.29) is 0 Å². The van der Waals surface area contributed by atoms with Gasteiger partial charge in [0, 0.05) is 36.1 Å². The van der Waals surface area contributed by atoms with Crippen LogP contribution >= 0.6 is 0 Å². The molecule has 8 nitrogen and oxygen atoms in total. The summed E-state index contributed by atoms with van der Waals surface area (Å²) in [5.74, 6) is 1.88. The van der Waals surface area contributed by atoms with Crippen molar-refractivity contribution in [2.24, 2.45) is 11.8 Å². The Balaban J connectivity index is 1.21. The Morgan fingerprint density at radius 2 is 2.00 bits per heavy atom. The standard InChI is InChI=1S/C30H35N5O3/c1-37-30(36)33-25-9-4-8-24(17-25)28-19-32-29(38-28)34-27-10-3-2-7-23(27)16-22-6-5-15-35(20-22)26-13-11-21(18-31)12-14-26/h4,8-9,11-14,17,19,22-23,27H,2-3,5-7,10,15-16,20H2,1H3,(H,32,34)(H,33,36)/t22-,23+,27-/m1/s1. The van der Waals surface area contributed by atoms with E-state index in [0.29, 0.717) is 40.9 Å². The van der Waals surface area contributed by atoms with Crippen molar-refractivity contribution in [1.29, 1.82) is 5.26 Å². The van der Waals surface area contributed by atoms with Crippen molar-refractivity contribution in [3.63, 3.8) is 0 Å². The lowest BCUT2D eigenvalue weighted by atomic mass is 9.77. The predicted molar refractivity (Wildman–Crippen MR) is 148 cm³/mol. The van der Waals surface area contributed by atoms with Gasteiger partial charge in [-0.15, -0.1) is 0 Å². The number of benzene rings is 2. The van der Waals surface area contributed by atoms with Crippen LogP contribution in [0.15, 0.2) is 59.1 Å². The molecule has 1 amide bonds. The van der Waals surface area contributed by atoms with Crippen molar-refractivity contribution in [2.45, 2.75) is 51.0 Å². The van der Waals surface area contributed by atoms with Crippen LogP contribution in [0.25, 0.3) is 11.3 Å². The van der Waals surface area contributed by atoms with E-state index in [4.69, 9.17) is 9.68 Å². The quantitative estimate of drug-likeness (QED) is 0.364. The van der Waals surface area contributed by atoms with E-state index in [0.717, 1.165) is 25.1 Å². The first-order chi connectivity index (χ1) is 18.6. The number of anilines is 3. The SMILES string of the molecule is COC(=O)Nc1cccc(-c2cnc(N[C@@H]3CCCC[C@H]3C[C@H]3CCCN(c4ccc(C#N)cc4)C3)o2)c1. The summed E-state index contributed by atoms with van der Waals surface area (Å²) in [7, 11) is 1.34. The number of amides is 1. The number of rotatable bonds is 7. The Labute approximate surface area is 224 Å². The van der Waals surface area contributed by atoms with E-state index in [2.05, 4.69) is 43.5 Å². The van der Waals surface area contributed by atoms with Crippen molar-refractivity contribution in [1.82, 2.24) is 4.98 Å². The van der Waals surface area contributed by atoms with Gasteiger partial charge in [-0.2, -0.15) is 5.26 Å². The van der Waals surface area contributed by atoms with Crippen LogP contribution in [-0.4, -0.2) is 37.3 Å². The van der Waals surface area contributed by atoms with E-state index >= 15 is 0 Å². The second-order valence-corrected chi connectivity index (χ2v) is 10.4. The molecule has 1 aromatic heterocycles. The number of hydrogen-bond donors (Lipinski definition) is 2. The molecule has 1 saturated carbocycles. The first kappa shape index (κ1) is 25.7. The number of aromatic nitrogens is 1. The van der Waals surface area contributed by atoms with Crippen molar-refractivity contribution in [2.75, 3.05) is 35.7 Å². The third-order valence-electron chi connectivity index (χ3n) is 7.82. The van der Waals surface area contributed by atoms with Gasteiger partial charge in [-0.25, -0.2) is 9.78 Å². The number of methoxy groups -OCH3 is 1. The van der Waals surface area contributed by atoms with Crippen LogP contribution < -0.4 is 15.5 Å². The van der Waals surface area contributed by atoms with Crippen LogP contribution in [0, 0.1) is 23.2 Å². The molecule has 3 atom stereocenters. The van der Waals surface area contributed by atoms with Gasteiger partial charge in [0.1, 0.15) is 0 Å². The summed E-state index contributed by atoms with van der Waals surface area (Å²) >= 11 is 0. The molecule has 0 unspecified atom stereocenters. The topological polar surface area (TPSA) is 103 Å². The predicted octanol–water partition coefficient (Wildman–Crippen LogP) is 6.67. The molecular formula is C30H35N5O3. The van der Waals surface area contributed by atoms with Gasteiger partial charge in [0.25, 0.3) is 6.01 Å². The molecule has 2 aromatic carbocycles. The van der Waals surface area contributed by atoms with Crippen molar-refractivity contribution >= 4 is 23.5 Å². The van der Waals surface area contributed by atoms with Crippen LogP contribution in [0.5, 0.6) is 0 Å². The fourth-order valence-corrected chi connectivity index (χ4v) is 5.90. The minimum atomic E-state index is -0.511. The van der Waals surface area contributed by atoms with Gasteiger partial charge >= 0.3 is 6.09 Å². The summed E-state index contributed by atoms with van der Waals surface area (Å²) < 4.78 is 10.8. The number of piperidine rings is 1. The maximum atomic E-state index is 11.5. The summed E-state index contributed by atoms with van der Waals surface area (Å²) in [6.45, 7) is 2.14. The zero-order valence-electron chi connectivity index (χ0n) is 21.9. The monoisotopic (exact) mass is 513 g/mol. The minimum Gasteiger partial charge on any atom is -0.453 e. The first-order valence-electron chi connectivity index (χ1n) is 13.5. The van der Waals surface area contributed by atoms with Crippen LogP contribution in [0.4, 0.5) is 22.2 Å². The Bertz CT molecular complexity index is 1270. The summed E-state index contributed by atoms with van der Waals surface area (Å²) in [4.78, 5) is 18.5. The maximum Gasteiger partial charge on any atom is 0.411 e. The molecule has 0 radical (unpaired) electrons. The summed E-state index contributed by atoms with van der Waals surface area (Å²) in [5.41, 5.74) is 3.39. The molecule has 1 aliphatic carbocycles. The average Bonchev–Trinajstić information content (AvgIpc) is 3.43. The number of oxazole rings is 1. The molecule has 5 rings (SSSR count). The molecule has 2 heterocycles. The number of nitriles is 1. The smallest absolute Gasteiger partial charge is 0.411 e. The van der Waals surface area contributed by atoms with Gasteiger partial charge in [0.15, 0.2) is 5.76 Å². The van der Waals surface area contributed by atoms with Gasteiger partial charge in [0.2, 0.25) is 0 Å². The molecule has 0 spiro atoms. The summed E-state index contributed by atoms with van der Waals surface area (Å²) in [5, 5.41) is 15.4. The van der Waals surface area contributed by atoms with Crippen LogP contribution in [0.1, 0.15) is 50.5 Å². The molecule has 8 heteroatoms. The van der Waals surface area contributed by atoms with Crippen molar-refractivity contribution < 1.29 is 13.9 Å². The number of nitrogens with one attached hydrogen (secondary N) is 2. The van der Waals surface area contributed by atoms with Gasteiger partial charge in [0.05, 0.1) is 24.9 Å². The molecule has 2 fully saturated rings. The van der Waals surface area contributed by atoms with E-state index in [1.54, 1.807) is 12.3 Å². The second kappa shape index (κ2) is 12.0. The van der Waals surface area contributed by atoms with Crippen LogP contribution in [0.2, 0.25) is 0 Å². The molecule has 3 aromatic rings. The van der Waals surface area contributed by atoms with E-state index in [1.165, 1.54) is 51.3 Å². The average molecular weight is 514 g/mol. The Hall–Kier alpha value is -3.99. The molecule has 2 N–H and O–H groups in total. The Morgan fingerprint density at radius 1 is 1.16 bits per heavy atom. The highest BCUT2D eigenvalue weighted by Crippen LogP contribution is 2.36. The fourth-order valence-electron chi connectivity index (χ4n) is 5.90. The molecule has 0 bridgehead atoms. The number of hydrogen-bond acceptors (Lipinski definition) is 7. The minimum absolute atomic E-state index is 0.341. The summed E-state index contributed by atoms with van der Waals surface area (Å²) in [6.07, 6.45) is 9.69. The molecule has 38 heavy (non-hydrogen) atoms. The normalized spacial score (nSPS) is 21.4. The number of carbonyl (C=O) groups is 1. The number of ether oxygens (including phenoxy) is 1. The van der Waals surface area contributed by atoms with Gasteiger partial charge in [-0.05, 0) is 80.3 Å². The highest BCUT2D eigenvalue weighted by atomic mass is 16.5. The van der Waals surface area contributed by atoms with Crippen molar-refractivity contribution in [3.8, 4) is 17.4 Å². The van der Waals surface area contributed by atoms with Crippen molar-refractivity contribution in [3.05, 3.63) is 60.3 Å². The highest BCUT2D eigenvalue weighted by Gasteiger charge is 2.30. The molecule has 198 valence electrons. The third kappa shape index (κ3) is 6.28. The van der Waals surface area contributed by atoms with Gasteiger partial charge in [-0.1, -0.05) is 25.0 Å². The largest absolute Gasteiger partial charge is 0.453 e.